The lowest BCUT2D eigenvalue weighted by Crippen LogP contribution is -2.31. The molecule has 0 saturated carbocycles. The molecule has 0 rings (SSSR count). The van der Waals surface area contributed by atoms with Gasteiger partial charge in [0.25, 0.3) is 0 Å². The van der Waals surface area contributed by atoms with E-state index in [1.165, 1.54) is 0 Å². The Bertz CT molecular complexity index is 139. The van der Waals surface area contributed by atoms with Gasteiger partial charge in [0.15, 0.2) is 0 Å². The van der Waals surface area contributed by atoms with Crippen LogP contribution in [0.3, 0.4) is 0 Å². The van der Waals surface area contributed by atoms with Crippen LogP contribution in [0, 0.1) is 5.41 Å². The predicted octanol–water partition coefficient (Wildman–Crippen LogP) is 1.18. The lowest BCUT2D eigenvalue weighted by atomic mass is 9.84. The van der Waals surface area contributed by atoms with Crippen LogP contribution >= 0.6 is 0 Å². The van der Waals surface area contributed by atoms with Gasteiger partial charge in [-0.05, 0) is 26.7 Å². The molecular formula is C10H22O3. The summed E-state index contributed by atoms with van der Waals surface area (Å²) in [7, 11) is 1.68. The van der Waals surface area contributed by atoms with E-state index in [2.05, 4.69) is 0 Å². The average Bonchev–Trinajstić information content (AvgIpc) is 2.14. The number of ether oxygens (including phenoxy) is 1. The fourth-order valence-corrected chi connectivity index (χ4v) is 0.913. The Kier molecular flexibility index (Phi) is 4.89. The summed E-state index contributed by atoms with van der Waals surface area (Å²) in [4.78, 5) is 0. The number of aliphatic hydroxyl groups excluding tert-OH is 2. The molecule has 0 aliphatic carbocycles. The van der Waals surface area contributed by atoms with Gasteiger partial charge in [0.05, 0.1) is 18.8 Å². The lowest BCUT2D eigenvalue weighted by Gasteiger charge is -2.30. The van der Waals surface area contributed by atoms with Crippen LogP contribution in [-0.2, 0) is 4.74 Å². The van der Waals surface area contributed by atoms with Crippen LogP contribution in [0.1, 0.15) is 33.6 Å². The van der Waals surface area contributed by atoms with Crippen molar-refractivity contribution in [3.8, 4) is 0 Å². The monoisotopic (exact) mass is 190 g/mol. The second-order valence-corrected chi connectivity index (χ2v) is 4.59. The van der Waals surface area contributed by atoms with Crippen molar-refractivity contribution in [3.05, 3.63) is 0 Å². The van der Waals surface area contributed by atoms with Crippen LogP contribution in [0.25, 0.3) is 0 Å². The van der Waals surface area contributed by atoms with Gasteiger partial charge in [-0.3, -0.25) is 0 Å². The maximum absolute atomic E-state index is 9.05. The van der Waals surface area contributed by atoms with Crippen LogP contribution in [0.4, 0.5) is 0 Å². The fourth-order valence-electron chi connectivity index (χ4n) is 0.913. The lowest BCUT2D eigenvalue weighted by molar-refractivity contribution is -0.0111. The zero-order chi connectivity index (χ0) is 10.5. The van der Waals surface area contributed by atoms with Crippen LogP contribution in [-0.4, -0.2) is 36.1 Å². The predicted molar refractivity (Wildman–Crippen MR) is 52.6 cm³/mol. The summed E-state index contributed by atoms with van der Waals surface area (Å²) in [6, 6.07) is 0. The zero-order valence-electron chi connectivity index (χ0n) is 9.13. The number of hydrogen-bond donors (Lipinski definition) is 2. The minimum Gasteiger partial charge on any atom is -0.396 e. The highest BCUT2D eigenvalue weighted by Crippen LogP contribution is 2.27. The maximum atomic E-state index is 9.05. The molecule has 0 unspecified atom stereocenters. The standard InChI is InChI=1S/C10H22O3/c1-9(2,13-4)5-6-10(3,7-11)8-12/h11-12H,5-8H2,1-4H3. The molecule has 3 heteroatoms. The molecule has 0 fully saturated rings. The number of hydrogen-bond acceptors (Lipinski definition) is 3. The largest absolute Gasteiger partial charge is 0.396 e. The average molecular weight is 190 g/mol. The van der Waals surface area contributed by atoms with Crippen LogP contribution in [0.2, 0.25) is 0 Å². The first-order valence-electron chi connectivity index (χ1n) is 4.66. The first kappa shape index (κ1) is 12.9. The van der Waals surface area contributed by atoms with Gasteiger partial charge in [0, 0.05) is 12.5 Å². The van der Waals surface area contributed by atoms with E-state index in [1.54, 1.807) is 7.11 Å². The van der Waals surface area contributed by atoms with E-state index in [0.717, 1.165) is 12.8 Å². The molecule has 13 heavy (non-hydrogen) atoms. The van der Waals surface area contributed by atoms with Crippen LogP contribution < -0.4 is 0 Å². The minimum absolute atomic E-state index is 0.0172. The molecular weight excluding hydrogens is 168 g/mol. The van der Waals surface area contributed by atoms with Gasteiger partial charge in [0.1, 0.15) is 0 Å². The first-order chi connectivity index (χ1) is 5.89. The van der Waals surface area contributed by atoms with Crippen molar-refractivity contribution in [1.29, 1.82) is 0 Å². The zero-order valence-corrected chi connectivity index (χ0v) is 9.13. The van der Waals surface area contributed by atoms with Crippen molar-refractivity contribution in [2.45, 2.75) is 39.2 Å². The number of methoxy groups -OCH3 is 1. The summed E-state index contributed by atoms with van der Waals surface area (Å²) in [5.74, 6) is 0. The molecule has 0 spiro atoms. The topological polar surface area (TPSA) is 49.7 Å². The van der Waals surface area contributed by atoms with Gasteiger partial charge >= 0.3 is 0 Å². The Balaban J connectivity index is 3.99. The molecule has 0 aliphatic heterocycles. The summed E-state index contributed by atoms with van der Waals surface area (Å²) < 4.78 is 5.26. The smallest absolute Gasteiger partial charge is 0.0623 e. The fraction of sp³-hybridized carbons (Fsp3) is 1.00. The Morgan fingerprint density at radius 2 is 1.46 bits per heavy atom. The summed E-state index contributed by atoms with van der Waals surface area (Å²) in [5, 5.41) is 18.1. The highest BCUT2D eigenvalue weighted by atomic mass is 16.5. The Morgan fingerprint density at radius 3 is 1.77 bits per heavy atom. The number of rotatable bonds is 6. The quantitative estimate of drug-likeness (QED) is 0.661. The Labute approximate surface area is 80.7 Å². The Hall–Kier alpha value is -0.120. The van der Waals surface area contributed by atoms with Crippen LogP contribution in [0.5, 0.6) is 0 Å². The molecule has 0 aromatic carbocycles. The summed E-state index contributed by atoms with van der Waals surface area (Å²) in [6.07, 6.45) is 1.60. The van der Waals surface area contributed by atoms with E-state index >= 15 is 0 Å². The SMILES string of the molecule is COC(C)(C)CCC(C)(CO)CO. The van der Waals surface area contributed by atoms with Gasteiger partial charge in [-0.25, -0.2) is 0 Å². The van der Waals surface area contributed by atoms with Gasteiger partial charge in [-0.2, -0.15) is 0 Å². The van der Waals surface area contributed by atoms with Gasteiger partial charge in [-0.1, -0.05) is 6.92 Å². The number of aliphatic hydroxyl groups is 2. The second-order valence-electron chi connectivity index (χ2n) is 4.59. The molecule has 0 amide bonds. The molecule has 2 N–H and O–H groups in total. The third-order valence-corrected chi connectivity index (χ3v) is 2.65. The Morgan fingerprint density at radius 1 is 1.00 bits per heavy atom. The summed E-state index contributed by atoms with van der Waals surface area (Å²) in [6.45, 7) is 5.91. The molecule has 80 valence electrons. The highest BCUT2D eigenvalue weighted by molar-refractivity contribution is 4.77. The normalized spacial score (nSPS) is 13.4. The van der Waals surface area contributed by atoms with Crippen molar-refractivity contribution in [1.82, 2.24) is 0 Å². The van der Waals surface area contributed by atoms with Gasteiger partial charge in [-0.15, -0.1) is 0 Å². The molecule has 0 bridgehead atoms. The second kappa shape index (κ2) is 4.94. The van der Waals surface area contributed by atoms with Crippen molar-refractivity contribution in [2.24, 2.45) is 5.41 Å². The highest BCUT2D eigenvalue weighted by Gasteiger charge is 2.26. The van der Waals surface area contributed by atoms with E-state index < -0.39 is 0 Å². The van der Waals surface area contributed by atoms with Gasteiger partial charge < -0.3 is 14.9 Å². The van der Waals surface area contributed by atoms with Crippen molar-refractivity contribution in [2.75, 3.05) is 20.3 Å². The van der Waals surface area contributed by atoms with E-state index in [-0.39, 0.29) is 24.2 Å². The molecule has 0 aromatic rings. The van der Waals surface area contributed by atoms with Crippen LogP contribution in [0.15, 0.2) is 0 Å². The van der Waals surface area contributed by atoms with Crippen molar-refractivity contribution >= 4 is 0 Å². The molecule has 0 aromatic heterocycles. The summed E-state index contributed by atoms with van der Waals surface area (Å²) in [5.41, 5.74) is -0.554. The van der Waals surface area contributed by atoms with E-state index in [4.69, 9.17) is 14.9 Å². The molecule has 0 radical (unpaired) electrons. The molecule has 3 nitrogen and oxygen atoms in total. The third kappa shape index (κ3) is 4.60. The molecule has 0 heterocycles. The molecule has 0 saturated heterocycles. The minimum atomic E-state index is -0.379. The van der Waals surface area contributed by atoms with E-state index in [1.807, 2.05) is 20.8 Å². The maximum Gasteiger partial charge on any atom is 0.0623 e. The summed E-state index contributed by atoms with van der Waals surface area (Å²) >= 11 is 0. The van der Waals surface area contributed by atoms with Crippen molar-refractivity contribution < 1.29 is 14.9 Å². The third-order valence-electron chi connectivity index (χ3n) is 2.65. The van der Waals surface area contributed by atoms with Gasteiger partial charge in [0.2, 0.25) is 0 Å². The van der Waals surface area contributed by atoms with E-state index in [9.17, 15) is 0 Å². The van der Waals surface area contributed by atoms with Crippen molar-refractivity contribution in [3.63, 3.8) is 0 Å². The molecule has 0 atom stereocenters. The molecule has 0 aliphatic rings. The first-order valence-corrected chi connectivity index (χ1v) is 4.66. The van der Waals surface area contributed by atoms with E-state index in [0.29, 0.717) is 0 Å².